The monoisotopic (exact) mass is 399 g/mol. The van der Waals surface area contributed by atoms with Crippen LogP contribution in [0.5, 0.6) is 0 Å². The molecule has 2 aliphatic heterocycles. The Morgan fingerprint density at radius 1 is 1.17 bits per heavy atom. The van der Waals surface area contributed by atoms with E-state index in [-0.39, 0.29) is 11.4 Å². The maximum absolute atomic E-state index is 11.6. The van der Waals surface area contributed by atoms with Crippen LogP contribution in [0.4, 0.5) is 0 Å². The third-order valence-corrected chi connectivity index (χ3v) is 6.54. The lowest BCUT2D eigenvalue weighted by atomic mass is 9.93. The summed E-state index contributed by atoms with van der Waals surface area (Å²) in [5.41, 5.74) is 2.98. The molecule has 0 saturated carbocycles. The van der Waals surface area contributed by atoms with Crippen molar-refractivity contribution in [2.75, 3.05) is 40.3 Å². The summed E-state index contributed by atoms with van der Waals surface area (Å²) >= 11 is 0. The van der Waals surface area contributed by atoms with Crippen molar-refractivity contribution in [3.63, 3.8) is 0 Å². The molecule has 160 valence electrons. The fourth-order valence-electron chi connectivity index (χ4n) is 4.46. The first kappa shape index (κ1) is 21.6. The molecule has 1 aromatic carbocycles. The Kier molecular flexibility index (Phi) is 7.17. The van der Waals surface area contributed by atoms with Gasteiger partial charge in [0, 0.05) is 58.8 Å². The smallest absolute Gasteiger partial charge is 0.220 e. The highest BCUT2D eigenvalue weighted by Crippen LogP contribution is 2.25. The van der Waals surface area contributed by atoms with Crippen LogP contribution in [0.1, 0.15) is 44.2 Å². The second-order valence-electron chi connectivity index (χ2n) is 8.96. The standard InChI is InChI=1S/C23H37N5O/c1-23(2,28-14-11-19-7-5-6-8-20(19)16-28)17-26-22(25-4)27-12-9-18(10-13-27)15-21(29)24-3/h5-8,18H,9-17H2,1-4H3,(H,24,29)(H,25,26). The molecule has 0 aromatic heterocycles. The minimum atomic E-state index is 0.0427. The predicted octanol–water partition coefficient (Wildman–Crippen LogP) is 2.25. The van der Waals surface area contributed by atoms with E-state index in [9.17, 15) is 4.79 Å². The van der Waals surface area contributed by atoms with E-state index in [2.05, 4.69) is 63.5 Å². The molecule has 6 nitrogen and oxygen atoms in total. The van der Waals surface area contributed by atoms with E-state index >= 15 is 0 Å². The minimum absolute atomic E-state index is 0.0427. The number of fused-ring (bicyclic) bond motifs is 1. The highest BCUT2D eigenvalue weighted by molar-refractivity contribution is 5.80. The maximum Gasteiger partial charge on any atom is 0.220 e. The number of likely N-dealkylation sites (tertiary alicyclic amines) is 1. The van der Waals surface area contributed by atoms with Gasteiger partial charge >= 0.3 is 0 Å². The topological polar surface area (TPSA) is 60.0 Å². The van der Waals surface area contributed by atoms with Crippen molar-refractivity contribution in [3.8, 4) is 0 Å². The number of carbonyl (C=O) groups excluding carboxylic acids is 1. The summed E-state index contributed by atoms with van der Waals surface area (Å²) in [7, 11) is 3.58. The van der Waals surface area contributed by atoms with Crippen LogP contribution < -0.4 is 10.6 Å². The highest BCUT2D eigenvalue weighted by Gasteiger charge is 2.31. The van der Waals surface area contributed by atoms with Crippen LogP contribution >= 0.6 is 0 Å². The van der Waals surface area contributed by atoms with Gasteiger partial charge in [0.05, 0.1) is 0 Å². The van der Waals surface area contributed by atoms with Gasteiger partial charge in [-0.1, -0.05) is 24.3 Å². The van der Waals surface area contributed by atoms with Crippen molar-refractivity contribution >= 4 is 11.9 Å². The van der Waals surface area contributed by atoms with Gasteiger partial charge in [-0.2, -0.15) is 0 Å². The summed E-state index contributed by atoms with van der Waals surface area (Å²) in [4.78, 5) is 21.1. The van der Waals surface area contributed by atoms with E-state index in [1.54, 1.807) is 7.05 Å². The molecule has 2 heterocycles. The zero-order valence-electron chi connectivity index (χ0n) is 18.5. The van der Waals surface area contributed by atoms with Gasteiger partial charge in [-0.3, -0.25) is 14.7 Å². The number of piperidine rings is 1. The summed E-state index contributed by atoms with van der Waals surface area (Å²) in [5, 5.41) is 6.36. The van der Waals surface area contributed by atoms with Gasteiger partial charge in [0.1, 0.15) is 0 Å². The SMILES string of the molecule is CN=C(NCC(C)(C)N1CCc2ccccc2C1)N1CCC(CC(=O)NC)CC1. The molecule has 1 fully saturated rings. The van der Waals surface area contributed by atoms with Crippen molar-refractivity contribution in [1.82, 2.24) is 20.4 Å². The van der Waals surface area contributed by atoms with E-state index in [4.69, 9.17) is 0 Å². The Labute approximate surface area is 175 Å². The van der Waals surface area contributed by atoms with Crippen LogP contribution in [0.25, 0.3) is 0 Å². The molecule has 0 spiro atoms. The second-order valence-corrected chi connectivity index (χ2v) is 8.96. The van der Waals surface area contributed by atoms with Gasteiger partial charge < -0.3 is 15.5 Å². The first-order chi connectivity index (χ1) is 13.9. The minimum Gasteiger partial charge on any atom is -0.359 e. The van der Waals surface area contributed by atoms with Gasteiger partial charge in [-0.15, -0.1) is 0 Å². The van der Waals surface area contributed by atoms with Gasteiger partial charge in [-0.05, 0) is 50.2 Å². The van der Waals surface area contributed by atoms with Crippen molar-refractivity contribution in [2.24, 2.45) is 10.9 Å². The Hall–Kier alpha value is -2.08. The number of nitrogens with one attached hydrogen (secondary N) is 2. The van der Waals surface area contributed by atoms with Crippen LogP contribution in [0.3, 0.4) is 0 Å². The van der Waals surface area contributed by atoms with Gasteiger partial charge in [0.15, 0.2) is 5.96 Å². The molecule has 29 heavy (non-hydrogen) atoms. The maximum atomic E-state index is 11.6. The predicted molar refractivity (Wildman–Crippen MR) is 119 cm³/mol. The molecule has 0 radical (unpaired) electrons. The normalized spacial score (nSPS) is 19.0. The Bertz CT molecular complexity index is 722. The molecule has 1 aromatic rings. The highest BCUT2D eigenvalue weighted by atomic mass is 16.1. The second kappa shape index (κ2) is 9.61. The number of hydrogen-bond donors (Lipinski definition) is 2. The van der Waals surface area contributed by atoms with E-state index in [0.717, 1.165) is 57.9 Å². The number of carbonyl (C=O) groups is 1. The molecule has 0 atom stereocenters. The number of nitrogens with zero attached hydrogens (tertiary/aromatic N) is 3. The van der Waals surface area contributed by atoms with Crippen molar-refractivity contribution < 1.29 is 4.79 Å². The largest absolute Gasteiger partial charge is 0.359 e. The number of aliphatic imine (C=N–C) groups is 1. The number of benzene rings is 1. The van der Waals surface area contributed by atoms with Crippen LogP contribution in [0, 0.1) is 5.92 Å². The number of rotatable bonds is 5. The first-order valence-electron chi connectivity index (χ1n) is 10.9. The zero-order chi connectivity index (χ0) is 20.9. The fourth-order valence-corrected chi connectivity index (χ4v) is 4.46. The van der Waals surface area contributed by atoms with E-state index < -0.39 is 0 Å². The summed E-state index contributed by atoms with van der Waals surface area (Å²) in [6, 6.07) is 8.80. The lowest BCUT2D eigenvalue weighted by Gasteiger charge is -2.42. The van der Waals surface area contributed by atoms with E-state index in [1.165, 1.54) is 11.1 Å². The van der Waals surface area contributed by atoms with Gasteiger partial charge in [-0.25, -0.2) is 0 Å². The lowest BCUT2D eigenvalue weighted by Crippen LogP contribution is -2.55. The molecule has 2 aliphatic rings. The third kappa shape index (κ3) is 5.50. The molecular formula is C23H37N5O. The molecule has 3 rings (SSSR count). The van der Waals surface area contributed by atoms with Crippen LogP contribution in [0.2, 0.25) is 0 Å². The quantitative estimate of drug-likeness (QED) is 0.589. The number of amides is 1. The van der Waals surface area contributed by atoms with Gasteiger partial charge in [0.2, 0.25) is 5.91 Å². The van der Waals surface area contributed by atoms with Crippen LogP contribution in [0.15, 0.2) is 29.3 Å². The summed E-state index contributed by atoms with van der Waals surface area (Å²) in [6.07, 6.45) is 3.84. The Morgan fingerprint density at radius 2 is 1.86 bits per heavy atom. The summed E-state index contributed by atoms with van der Waals surface area (Å²) in [5.74, 6) is 1.61. The van der Waals surface area contributed by atoms with Gasteiger partial charge in [0.25, 0.3) is 0 Å². The molecule has 0 unspecified atom stereocenters. The number of hydrogen-bond acceptors (Lipinski definition) is 3. The molecule has 1 saturated heterocycles. The Balaban J connectivity index is 1.51. The molecule has 0 aliphatic carbocycles. The average Bonchev–Trinajstić information content (AvgIpc) is 2.74. The van der Waals surface area contributed by atoms with Crippen molar-refractivity contribution in [2.45, 2.75) is 51.6 Å². The summed E-state index contributed by atoms with van der Waals surface area (Å²) < 4.78 is 0. The fraction of sp³-hybridized carbons (Fsp3) is 0.652. The lowest BCUT2D eigenvalue weighted by molar-refractivity contribution is -0.121. The van der Waals surface area contributed by atoms with Crippen LogP contribution in [-0.4, -0.2) is 67.5 Å². The summed E-state index contributed by atoms with van der Waals surface area (Å²) in [6.45, 7) is 9.51. The molecule has 1 amide bonds. The molecule has 0 bridgehead atoms. The molecular weight excluding hydrogens is 362 g/mol. The first-order valence-corrected chi connectivity index (χ1v) is 10.9. The molecule has 6 heteroatoms. The third-order valence-electron chi connectivity index (χ3n) is 6.54. The zero-order valence-corrected chi connectivity index (χ0v) is 18.5. The Morgan fingerprint density at radius 3 is 2.52 bits per heavy atom. The van der Waals surface area contributed by atoms with Crippen LogP contribution in [-0.2, 0) is 17.8 Å². The van der Waals surface area contributed by atoms with E-state index in [0.29, 0.717) is 12.3 Å². The molecule has 2 N–H and O–H groups in total. The van der Waals surface area contributed by atoms with E-state index in [1.807, 2.05) is 7.05 Å². The average molecular weight is 400 g/mol. The van der Waals surface area contributed by atoms with Crippen molar-refractivity contribution in [1.29, 1.82) is 0 Å². The van der Waals surface area contributed by atoms with Crippen molar-refractivity contribution in [3.05, 3.63) is 35.4 Å². The number of guanidine groups is 1.